The Bertz CT molecular complexity index is 834. The minimum absolute atomic E-state index is 0.0933. The molecule has 2 rings (SSSR count). The van der Waals surface area contributed by atoms with Crippen molar-refractivity contribution in [3.63, 3.8) is 0 Å². The molecule has 0 saturated heterocycles. The summed E-state index contributed by atoms with van der Waals surface area (Å²) in [5.74, 6) is -1.24. The lowest BCUT2D eigenvalue weighted by Gasteiger charge is -2.26. The number of nitro benzene ring substituents is 1. The summed E-state index contributed by atoms with van der Waals surface area (Å²) in [7, 11) is 0. The van der Waals surface area contributed by atoms with Crippen LogP contribution in [-0.4, -0.2) is 34.3 Å². The number of nitrogens with zero attached hydrogens (tertiary/aromatic N) is 2. The molecule has 0 aliphatic rings. The molecule has 0 atom stereocenters. The largest absolute Gasteiger partial charge is 0.452 e. The molecule has 2 aromatic carbocycles. The molecule has 0 radical (unpaired) electrons. The molecule has 0 aromatic heterocycles. The summed E-state index contributed by atoms with van der Waals surface area (Å²) in [5, 5.41) is 11.1. The Morgan fingerprint density at radius 3 is 2.37 bits per heavy atom. The number of hydrogen-bond acceptors (Lipinski definition) is 5. The fourth-order valence-corrected chi connectivity index (χ4v) is 2.69. The SMILES string of the molecule is Cc1cccc([N+](=O)[O-])c1C(=O)OCC(=O)N(Cc1ccccc1)C(C)C. The Balaban J connectivity index is 2.09. The predicted molar refractivity (Wildman–Crippen MR) is 100 cm³/mol. The fourth-order valence-electron chi connectivity index (χ4n) is 2.69. The van der Waals surface area contributed by atoms with Crippen molar-refractivity contribution in [1.82, 2.24) is 4.90 Å². The monoisotopic (exact) mass is 370 g/mol. The maximum atomic E-state index is 12.5. The summed E-state index contributed by atoms with van der Waals surface area (Å²) in [4.78, 5) is 37.0. The third-order valence-corrected chi connectivity index (χ3v) is 4.12. The van der Waals surface area contributed by atoms with Gasteiger partial charge in [0.15, 0.2) is 6.61 Å². The van der Waals surface area contributed by atoms with Crippen LogP contribution >= 0.6 is 0 Å². The lowest BCUT2D eigenvalue weighted by Crippen LogP contribution is -2.39. The highest BCUT2D eigenvalue weighted by Gasteiger charge is 2.25. The van der Waals surface area contributed by atoms with Crippen molar-refractivity contribution in [3.8, 4) is 0 Å². The third kappa shape index (κ3) is 5.13. The number of aryl methyl sites for hydroxylation is 1. The zero-order valence-corrected chi connectivity index (χ0v) is 15.5. The zero-order valence-electron chi connectivity index (χ0n) is 15.5. The van der Waals surface area contributed by atoms with Crippen molar-refractivity contribution in [3.05, 3.63) is 75.3 Å². The quantitative estimate of drug-likeness (QED) is 0.423. The van der Waals surface area contributed by atoms with E-state index >= 15 is 0 Å². The molecule has 7 heteroatoms. The molecular formula is C20H22N2O5. The normalized spacial score (nSPS) is 10.5. The number of benzene rings is 2. The number of carbonyl (C=O) groups is 2. The molecule has 0 bridgehead atoms. The summed E-state index contributed by atoms with van der Waals surface area (Å²) < 4.78 is 5.10. The summed E-state index contributed by atoms with van der Waals surface area (Å²) in [6.07, 6.45) is 0. The average molecular weight is 370 g/mol. The van der Waals surface area contributed by atoms with Crippen LogP contribution in [0.15, 0.2) is 48.5 Å². The van der Waals surface area contributed by atoms with Gasteiger partial charge in [0.1, 0.15) is 5.56 Å². The van der Waals surface area contributed by atoms with Gasteiger partial charge in [0.05, 0.1) is 4.92 Å². The highest BCUT2D eigenvalue weighted by Crippen LogP contribution is 2.22. The van der Waals surface area contributed by atoms with E-state index in [2.05, 4.69) is 0 Å². The van der Waals surface area contributed by atoms with Crippen LogP contribution in [0.5, 0.6) is 0 Å². The van der Waals surface area contributed by atoms with Crippen LogP contribution in [0, 0.1) is 17.0 Å². The number of ether oxygens (including phenoxy) is 1. The second-order valence-corrected chi connectivity index (χ2v) is 6.40. The van der Waals surface area contributed by atoms with E-state index in [1.807, 2.05) is 44.2 Å². The van der Waals surface area contributed by atoms with Gasteiger partial charge in [-0.3, -0.25) is 14.9 Å². The molecule has 0 aliphatic carbocycles. The molecule has 0 saturated carbocycles. The van der Waals surface area contributed by atoms with Gasteiger partial charge >= 0.3 is 5.97 Å². The first-order valence-corrected chi connectivity index (χ1v) is 8.55. The molecule has 2 aromatic rings. The van der Waals surface area contributed by atoms with E-state index in [0.29, 0.717) is 12.1 Å². The van der Waals surface area contributed by atoms with E-state index in [0.717, 1.165) is 5.56 Å². The molecule has 0 aliphatic heterocycles. The second-order valence-electron chi connectivity index (χ2n) is 6.40. The lowest BCUT2D eigenvalue weighted by molar-refractivity contribution is -0.385. The second kappa shape index (κ2) is 8.93. The molecule has 27 heavy (non-hydrogen) atoms. The van der Waals surface area contributed by atoms with E-state index in [1.54, 1.807) is 17.9 Å². The first kappa shape index (κ1) is 20.1. The molecule has 0 N–H and O–H groups in total. The molecule has 0 unspecified atom stereocenters. The zero-order chi connectivity index (χ0) is 20.0. The molecule has 0 spiro atoms. The standard InChI is InChI=1S/C20H22N2O5/c1-14(2)21(12-16-9-5-4-6-10-16)18(23)13-27-20(24)19-15(3)8-7-11-17(19)22(25)26/h4-11,14H,12-13H2,1-3H3. The van der Waals surface area contributed by atoms with Gasteiger partial charge in [-0.2, -0.15) is 0 Å². The van der Waals surface area contributed by atoms with E-state index < -0.39 is 17.5 Å². The van der Waals surface area contributed by atoms with Crippen LogP contribution in [-0.2, 0) is 16.1 Å². The Kier molecular flexibility index (Phi) is 6.65. The molecule has 0 heterocycles. The van der Waals surface area contributed by atoms with Crippen LogP contribution < -0.4 is 0 Å². The van der Waals surface area contributed by atoms with Gasteiger partial charge in [0.2, 0.25) is 0 Å². The van der Waals surface area contributed by atoms with Crippen LogP contribution in [0.25, 0.3) is 0 Å². The summed E-state index contributed by atoms with van der Waals surface area (Å²) in [6, 6.07) is 13.7. The predicted octanol–water partition coefficient (Wildman–Crippen LogP) is 3.50. The smallest absolute Gasteiger partial charge is 0.345 e. The topological polar surface area (TPSA) is 89.7 Å². The summed E-state index contributed by atoms with van der Waals surface area (Å²) in [5.41, 5.74) is 0.916. The van der Waals surface area contributed by atoms with Crippen LogP contribution in [0.3, 0.4) is 0 Å². The van der Waals surface area contributed by atoms with E-state index in [1.165, 1.54) is 12.1 Å². The maximum absolute atomic E-state index is 12.5. The molecule has 1 amide bonds. The van der Waals surface area contributed by atoms with Crippen molar-refractivity contribution in [2.45, 2.75) is 33.4 Å². The number of amides is 1. The third-order valence-electron chi connectivity index (χ3n) is 4.12. The minimum Gasteiger partial charge on any atom is -0.452 e. The van der Waals surface area contributed by atoms with Gasteiger partial charge in [-0.05, 0) is 31.9 Å². The lowest BCUT2D eigenvalue weighted by atomic mass is 10.1. The van der Waals surface area contributed by atoms with E-state index in [4.69, 9.17) is 4.74 Å². The van der Waals surface area contributed by atoms with E-state index in [9.17, 15) is 19.7 Å². The first-order valence-electron chi connectivity index (χ1n) is 8.55. The summed E-state index contributed by atoms with van der Waals surface area (Å²) >= 11 is 0. The van der Waals surface area contributed by atoms with Crippen LogP contribution in [0.4, 0.5) is 5.69 Å². The fraction of sp³-hybridized carbons (Fsp3) is 0.300. The number of nitro groups is 1. The Morgan fingerprint density at radius 2 is 1.78 bits per heavy atom. The van der Waals surface area contributed by atoms with E-state index in [-0.39, 0.29) is 23.2 Å². The Morgan fingerprint density at radius 1 is 1.11 bits per heavy atom. The number of carbonyl (C=O) groups excluding carboxylic acids is 2. The van der Waals surface area contributed by atoms with Gasteiger partial charge in [0, 0.05) is 18.7 Å². The summed E-state index contributed by atoms with van der Waals surface area (Å²) in [6.45, 7) is 5.24. The first-order chi connectivity index (χ1) is 12.8. The Hall–Kier alpha value is -3.22. The van der Waals surface area contributed by atoms with Crippen molar-refractivity contribution in [2.24, 2.45) is 0 Å². The molecule has 7 nitrogen and oxygen atoms in total. The number of rotatable bonds is 7. The molecule has 142 valence electrons. The van der Waals surface area contributed by atoms with Crippen LogP contribution in [0.1, 0.15) is 35.3 Å². The van der Waals surface area contributed by atoms with Gasteiger partial charge in [-0.15, -0.1) is 0 Å². The van der Waals surface area contributed by atoms with Crippen molar-refractivity contribution in [1.29, 1.82) is 0 Å². The number of esters is 1. The molecular weight excluding hydrogens is 348 g/mol. The van der Waals surface area contributed by atoms with Gasteiger partial charge < -0.3 is 9.64 Å². The van der Waals surface area contributed by atoms with Gasteiger partial charge in [-0.1, -0.05) is 42.5 Å². The van der Waals surface area contributed by atoms with Crippen molar-refractivity contribution in [2.75, 3.05) is 6.61 Å². The minimum atomic E-state index is -0.878. The Labute approximate surface area is 157 Å². The highest BCUT2D eigenvalue weighted by molar-refractivity contribution is 5.96. The van der Waals surface area contributed by atoms with Gasteiger partial charge in [-0.25, -0.2) is 4.79 Å². The maximum Gasteiger partial charge on any atom is 0.345 e. The van der Waals surface area contributed by atoms with Crippen molar-refractivity contribution < 1.29 is 19.2 Å². The van der Waals surface area contributed by atoms with Crippen molar-refractivity contribution >= 4 is 17.6 Å². The highest BCUT2D eigenvalue weighted by atomic mass is 16.6. The van der Waals surface area contributed by atoms with Gasteiger partial charge in [0.25, 0.3) is 11.6 Å². The molecule has 0 fully saturated rings. The number of hydrogen-bond donors (Lipinski definition) is 0. The van der Waals surface area contributed by atoms with Crippen LogP contribution in [0.2, 0.25) is 0 Å². The average Bonchev–Trinajstić information content (AvgIpc) is 2.64.